The topological polar surface area (TPSA) is 37.3 Å². The summed E-state index contributed by atoms with van der Waals surface area (Å²) in [5.41, 5.74) is 3.14. The van der Waals surface area contributed by atoms with Gasteiger partial charge in [-0.2, -0.15) is 0 Å². The average molecular weight is 204 g/mol. The third-order valence-electron chi connectivity index (χ3n) is 2.58. The lowest BCUT2D eigenvalue weighted by atomic mass is 9.92. The molecule has 0 fully saturated rings. The van der Waals surface area contributed by atoms with Gasteiger partial charge in [-0.25, -0.2) is 0 Å². The minimum absolute atomic E-state index is 0.0620. The number of hydrogen-bond acceptors (Lipinski definition) is 1. The summed E-state index contributed by atoms with van der Waals surface area (Å²) in [6, 6.07) is 5.32. The second-order valence-electron chi connectivity index (χ2n) is 5.01. The van der Waals surface area contributed by atoms with Gasteiger partial charge in [0.05, 0.1) is 5.52 Å². The summed E-state index contributed by atoms with van der Waals surface area (Å²) in [5.74, 6) is 0. The van der Waals surface area contributed by atoms with Crippen LogP contribution < -0.4 is 5.43 Å². The normalized spacial score (nSPS) is 12.3. The Morgan fingerprint density at radius 2 is 1.87 bits per heavy atom. The van der Waals surface area contributed by atoms with Crippen molar-refractivity contribution in [3.8, 4) is 0 Å². The molecular formula is C12H16N2O. The zero-order valence-corrected chi connectivity index (χ0v) is 9.59. The molecule has 2 aromatic rings. The van der Waals surface area contributed by atoms with Gasteiger partial charge in [0, 0.05) is 28.9 Å². The van der Waals surface area contributed by atoms with E-state index in [0.29, 0.717) is 0 Å². The number of nitrogens with one attached hydrogen (secondary N) is 1. The predicted molar refractivity (Wildman–Crippen MR) is 61.5 cm³/mol. The fourth-order valence-electron chi connectivity index (χ4n) is 1.67. The third-order valence-corrected chi connectivity index (χ3v) is 2.58. The first-order valence-corrected chi connectivity index (χ1v) is 5.11. The summed E-state index contributed by atoms with van der Waals surface area (Å²) in [6.07, 6.45) is 0. The molecule has 15 heavy (non-hydrogen) atoms. The van der Waals surface area contributed by atoms with Gasteiger partial charge < -0.3 is 0 Å². The van der Waals surface area contributed by atoms with E-state index in [4.69, 9.17) is 0 Å². The highest BCUT2D eigenvalue weighted by Gasteiger charge is 2.16. The van der Waals surface area contributed by atoms with Gasteiger partial charge in [0.1, 0.15) is 0 Å². The Hall–Kier alpha value is -1.51. The monoisotopic (exact) mass is 204 g/mol. The molecule has 3 nitrogen and oxygen atoms in total. The number of H-pyrrole nitrogens is 1. The van der Waals surface area contributed by atoms with Crippen LogP contribution in [-0.4, -0.2) is 9.61 Å². The molecule has 0 unspecified atom stereocenters. The fourth-order valence-corrected chi connectivity index (χ4v) is 1.67. The van der Waals surface area contributed by atoms with Crippen molar-refractivity contribution in [2.45, 2.75) is 33.1 Å². The predicted octanol–water partition coefficient (Wildman–Crippen LogP) is 2.23. The summed E-state index contributed by atoms with van der Waals surface area (Å²) >= 11 is 0. The first-order chi connectivity index (χ1) is 6.88. The number of aromatic amines is 1. The van der Waals surface area contributed by atoms with E-state index in [9.17, 15) is 4.79 Å². The highest BCUT2D eigenvalue weighted by atomic mass is 16.1. The Labute approximate surface area is 88.7 Å². The van der Waals surface area contributed by atoms with Crippen molar-refractivity contribution in [1.82, 2.24) is 9.61 Å². The number of pyridine rings is 1. The summed E-state index contributed by atoms with van der Waals surface area (Å²) in [5, 5.41) is 3.31. The summed E-state index contributed by atoms with van der Waals surface area (Å²) in [7, 11) is 0. The SMILES string of the molecule is Cc1cc(=O)cc2cc(C(C)(C)C)[nH]n12. The maximum absolute atomic E-state index is 11.3. The van der Waals surface area contributed by atoms with Crippen molar-refractivity contribution < 1.29 is 0 Å². The number of nitrogens with zero attached hydrogens (tertiary/aromatic N) is 1. The molecule has 0 bridgehead atoms. The molecule has 2 heterocycles. The highest BCUT2D eigenvalue weighted by molar-refractivity contribution is 5.49. The Morgan fingerprint density at radius 3 is 2.47 bits per heavy atom. The Balaban J connectivity index is 2.77. The van der Waals surface area contributed by atoms with E-state index in [1.165, 1.54) is 0 Å². The molecule has 1 N–H and O–H groups in total. The molecule has 0 aliphatic carbocycles. The first-order valence-electron chi connectivity index (χ1n) is 5.11. The Kier molecular flexibility index (Phi) is 2.00. The maximum atomic E-state index is 11.3. The van der Waals surface area contributed by atoms with Crippen molar-refractivity contribution >= 4 is 5.52 Å². The van der Waals surface area contributed by atoms with Crippen LogP contribution in [0.2, 0.25) is 0 Å². The van der Waals surface area contributed by atoms with Crippen molar-refractivity contribution in [1.29, 1.82) is 0 Å². The third kappa shape index (κ3) is 1.69. The van der Waals surface area contributed by atoms with Crippen LogP contribution in [0.15, 0.2) is 23.0 Å². The molecule has 0 spiro atoms. The van der Waals surface area contributed by atoms with Gasteiger partial charge in [0.15, 0.2) is 5.43 Å². The minimum Gasteiger partial charge on any atom is -0.298 e. The zero-order chi connectivity index (χ0) is 11.2. The quantitative estimate of drug-likeness (QED) is 0.702. The van der Waals surface area contributed by atoms with Crippen LogP contribution in [0.1, 0.15) is 32.2 Å². The van der Waals surface area contributed by atoms with E-state index in [2.05, 4.69) is 25.9 Å². The number of rotatable bonds is 0. The van der Waals surface area contributed by atoms with Crippen LogP contribution in [0.3, 0.4) is 0 Å². The van der Waals surface area contributed by atoms with Gasteiger partial charge >= 0.3 is 0 Å². The van der Waals surface area contributed by atoms with E-state index in [0.717, 1.165) is 16.9 Å². The summed E-state index contributed by atoms with van der Waals surface area (Å²) < 4.78 is 1.95. The Morgan fingerprint density at radius 1 is 1.20 bits per heavy atom. The molecule has 2 rings (SSSR count). The van der Waals surface area contributed by atoms with E-state index >= 15 is 0 Å². The van der Waals surface area contributed by atoms with Gasteiger partial charge in [-0.05, 0) is 13.0 Å². The molecule has 80 valence electrons. The van der Waals surface area contributed by atoms with Crippen molar-refractivity contribution in [3.63, 3.8) is 0 Å². The second kappa shape index (κ2) is 2.99. The van der Waals surface area contributed by atoms with Crippen molar-refractivity contribution in [2.75, 3.05) is 0 Å². The van der Waals surface area contributed by atoms with Crippen LogP contribution in [0.25, 0.3) is 5.52 Å². The largest absolute Gasteiger partial charge is 0.298 e. The molecule has 0 radical (unpaired) electrons. The van der Waals surface area contributed by atoms with Crippen LogP contribution in [0.5, 0.6) is 0 Å². The molecule has 0 saturated carbocycles. The highest BCUT2D eigenvalue weighted by Crippen LogP contribution is 2.21. The molecule has 0 aromatic carbocycles. The lowest BCUT2D eigenvalue weighted by molar-refractivity contribution is 0.562. The second-order valence-corrected chi connectivity index (χ2v) is 5.01. The van der Waals surface area contributed by atoms with Crippen LogP contribution in [-0.2, 0) is 5.41 Å². The van der Waals surface area contributed by atoms with Crippen molar-refractivity contribution in [2.24, 2.45) is 0 Å². The van der Waals surface area contributed by atoms with Crippen molar-refractivity contribution in [3.05, 3.63) is 39.8 Å². The fraction of sp³-hybridized carbons (Fsp3) is 0.417. The van der Waals surface area contributed by atoms with Gasteiger partial charge in [0.25, 0.3) is 0 Å². The van der Waals surface area contributed by atoms with Crippen LogP contribution in [0.4, 0.5) is 0 Å². The molecule has 0 aliphatic rings. The molecule has 3 heteroatoms. The maximum Gasteiger partial charge on any atom is 0.182 e. The first kappa shape index (κ1) is 10.0. The molecule has 0 aliphatic heterocycles. The van der Waals surface area contributed by atoms with Gasteiger partial charge in [0.2, 0.25) is 0 Å². The summed E-state index contributed by atoms with van der Waals surface area (Å²) in [4.78, 5) is 11.3. The van der Waals surface area contributed by atoms with Gasteiger partial charge in [-0.3, -0.25) is 14.4 Å². The smallest absolute Gasteiger partial charge is 0.182 e. The van der Waals surface area contributed by atoms with Crippen LogP contribution in [0, 0.1) is 6.92 Å². The van der Waals surface area contributed by atoms with Crippen LogP contribution >= 0.6 is 0 Å². The van der Waals surface area contributed by atoms with E-state index in [-0.39, 0.29) is 10.8 Å². The lowest BCUT2D eigenvalue weighted by Crippen LogP contribution is -2.12. The zero-order valence-electron chi connectivity index (χ0n) is 9.59. The molecule has 0 atom stereocenters. The number of fused-ring (bicyclic) bond motifs is 1. The van der Waals surface area contributed by atoms with E-state index in [1.807, 2.05) is 17.5 Å². The number of hydrogen-bond donors (Lipinski definition) is 1. The average Bonchev–Trinajstić information content (AvgIpc) is 2.46. The lowest BCUT2D eigenvalue weighted by Gasteiger charge is -2.15. The number of aromatic nitrogens is 2. The molecule has 2 aromatic heterocycles. The van der Waals surface area contributed by atoms with Gasteiger partial charge in [-0.15, -0.1) is 0 Å². The minimum atomic E-state index is 0.0620. The van der Waals surface area contributed by atoms with Gasteiger partial charge in [-0.1, -0.05) is 20.8 Å². The molecule has 0 saturated heterocycles. The number of aryl methyl sites for hydroxylation is 1. The van der Waals surface area contributed by atoms with E-state index < -0.39 is 0 Å². The summed E-state index contributed by atoms with van der Waals surface area (Å²) in [6.45, 7) is 8.36. The van der Waals surface area contributed by atoms with E-state index in [1.54, 1.807) is 12.1 Å². The molecular weight excluding hydrogens is 188 g/mol. The Bertz CT molecular complexity index is 555. The standard InChI is InChI=1S/C12H16N2O/c1-8-5-10(15)6-9-7-11(12(2,3)4)13-14(8)9/h5-7,13H,1-4H3. The molecule has 0 amide bonds.